The molecule has 3 heteroatoms. The molecule has 0 aliphatic carbocycles. The van der Waals surface area contributed by atoms with Gasteiger partial charge in [0.25, 0.3) is 0 Å². The third-order valence-corrected chi connectivity index (χ3v) is 4.97. The average Bonchev–Trinajstić information content (AvgIpc) is 2.07. The van der Waals surface area contributed by atoms with Crippen LogP contribution in [0.3, 0.4) is 0 Å². The number of halogens is 1. The molecule has 0 radical (unpaired) electrons. The maximum atomic E-state index is 3.58. The Morgan fingerprint density at radius 1 is 1.29 bits per heavy atom. The fourth-order valence-corrected chi connectivity index (χ4v) is 2.45. The smallest absolute Gasteiger partial charge is 0.0442 e. The predicted octanol–water partition coefficient (Wildman–Crippen LogP) is 3.59. The van der Waals surface area contributed by atoms with E-state index in [1.807, 2.05) is 11.8 Å². The molecule has 2 rings (SSSR count). The summed E-state index contributed by atoms with van der Waals surface area (Å²) in [6.45, 7) is 4.27. The van der Waals surface area contributed by atoms with Crippen LogP contribution in [0.2, 0.25) is 0 Å². The van der Waals surface area contributed by atoms with Crippen molar-refractivity contribution in [2.45, 2.75) is 19.9 Å². The van der Waals surface area contributed by atoms with E-state index in [-0.39, 0.29) is 0 Å². The van der Waals surface area contributed by atoms with Crippen LogP contribution >= 0.6 is 27.7 Å². The van der Waals surface area contributed by atoms with E-state index in [1.54, 1.807) is 0 Å². The maximum absolute atomic E-state index is 3.58. The number of aryl methyl sites for hydroxylation is 2. The number of nitrogens with one attached hydrogen (secondary N) is 1. The summed E-state index contributed by atoms with van der Waals surface area (Å²) in [6, 6.07) is 5.10. The van der Waals surface area contributed by atoms with Crippen LogP contribution in [0.1, 0.15) is 11.1 Å². The highest BCUT2D eigenvalue weighted by Crippen LogP contribution is 2.27. The number of rotatable bonds is 2. The minimum atomic E-state index is 0.681. The predicted molar refractivity (Wildman–Crippen MR) is 68.4 cm³/mol. The van der Waals surface area contributed by atoms with Gasteiger partial charge in [0, 0.05) is 27.7 Å². The maximum Gasteiger partial charge on any atom is 0.0442 e. The van der Waals surface area contributed by atoms with Crippen LogP contribution in [0.5, 0.6) is 0 Å². The molecule has 1 aromatic rings. The number of benzene rings is 1. The van der Waals surface area contributed by atoms with Crippen LogP contribution in [0.4, 0.5) is 5.69 Å². The van der Waals surface area contributed by atoms with E-state index in [0.29, 0.717) is 6.04 Å². The topological polar surface area (TPSA) is 12.0 Å². The molecule has 1 fully saturated rings. The molecule has 1 aromatic carbocycles. The Balaban J connectivity index is 2.17. The first-order valence-corrected chi connectivity index (χ1v) is 6.72. The van der Waals surface area contributed by atoms with Gasteiger partial charge in [-0.05, 0) is 37.1 Å². The van der Waals surface area contributed by atoms with Gasteiger partial charge in [0.05, 0.1) is 0 Å². The minimum Gasteiger partial charge on any atom is -0.381 e. The first-order valence-electron chi connectivity index (χ1n) is 4.78. The van der Waals surface area contributed by atoms with Crippen LogP contribution < -0.4 is 5.32 Å². The molecular weight excluding hydrogens is 258 g/mol. The second kappa shape index (κ2) is 4.15. The molecule has 0 spiro atoms. The number of anilines is 1. The molecule has 0 unspecified atom stereocenters. The summed E-state index contributed by atoms with van der Waals surface area (Å²) in [5, 5.41) is 3.55. The first-order chi connectivity index (χ1) is 6.66. The molecule has 76 valence electrons. The Bertz CT molecular complexity index is 324. The molecule has 1 aliphatic heterocycles. The molecule has 1 nitrogen and oxygen atoms in total. The fourth-order valence-electron chi connectivity index (χ4n) is 1.58. The highest BCUT2D eigenvalue weighted by atomic mass is 79.9. The van der Waals surface area contributed by atoms with Gasteiger partial charge in [-0.1, -0.05) is 15.9 Å². The normalized spacial score (nSPS) is 16.5. The zero-order valence-electron chi connectivity index (χ0n) is 8.43. The summed E-state index contributed by atoms with van der Waals surface area (Å²) >= 11 is 5.58. The summed E-state index contributed by atoms with van der Waals surface area (Å²) in [5.41, 5.74) is 3.87. The van der Waals surface area contributed by atoms with E-state index < -0.39 is 0 Å². The largest absolute Gasteiger partial charge is 0.381 e. The van der Waals surface area contributed by atoms with Gasteiger partial charge in [-0.25, -0.2) is 0 Å². The van der Waals surface area contributed by atoms with E-state index in [0.717, 1.165) is 0 Å². The van der Waals surface area contributed by atoms with E-state index in [1.165, 1.54) is 32.8 Å². The second-order valence-corrected chi connectivity index (χ2v) is 5.67. The molecule has 14 heavy (non-hydrogen) atoms. The van der Waals surface area contributed by atoms with E-state index >= 15 is 0 Å². The number of hydrogen-bond donors (Lipinski definition) is 1. The van der Waals surface area contributed by atoms with Crippen molar-refractivity contribution < 1.29 is 0 Å². The van der Waals surface area contributed by atoms with Crippen molar-refractivity contribution in [1.29, 1.82) is 0 Å². The van der Waals surface area contributed by atoms with Gasteiger partial charge in [-0.3, -0.25) is 0 Å². The van der Waals surface area contributed by atoms with E-state index in [9.17, 15) is 0 Å². The lowest BCUT2D eigenvalue weighted by molar-refractivity contribution is 0.881. The Morgan fingerprint density at radius 2 is 1.86 bits per heavy atom. The number of thioether (sulfide) groups is 1. The SMILES string of the molecule is Cc1cc(NC2CSC2)cc(C)c1Br. The van der Waals surface area contributed by atoms with Crippen LogP contribution in [-0.2, 0) is 0 Å². The highest BCUT2D eigenvalue weighted by molar-refractivity contribution is 9.10. The van der Waals surface area contributed by atoms with Crippen LogP contribution in [0, 0.1) is 13.8 Å². The molecule has 0 amide bonds. The first kappa shape index (κ1) is 10.4. The summed E-state index contributed by atoms with van der Waals surface area (Å²) < 4.78 is 1.23. The molecule has 1 aliphatic rings. The average molecular weight is 272 g/mol. The van der Waals surface area contributed by atoms with Crippen molar-refractivity contribution in [1.82, 2.24) is 0 Å². The van der Waals surface area contributed by atoms with E-state index in [4.69, 9.17) is 0 Å². The van der Waals surface area contributed by atoms with E-state index in [2.05, 4.69) is 47.2 Å². The lowest BCUT2D eigenvalue weighted by Gasteiger charge is -2.27. The molecule has 0 saturated carbocycles. The Kier molecular flexibility index (Phi) is 3.07. The monoisotopic (exact) mass is 271 g/mol. The third-order valence-electron chi connectivity index (χ3n) is 2.45. The highest BCUT2D eigenvalue weighted by Gasteiger charge is 2.17. The van der Waals surface area contributed by atoms with Gasteiger partial charge in [-0.2, -0.15) is 11.8 Å². The van der Waals surface area contributed by atoms with Crippen molar-refractivity contribution in [3.05, 3.63) is 27.7 Å². The molecule has 0 bridgehead atoms. The Labute approximate surface area is 97.8 Å². The van der Waals surface area contributed by atoms with Gasteiger partial charge < -0.3 is 5.32 Å². The second-order valence-electron chi connectivity index (χ2n) is 3.80. The molecule has 0 atom stereocenters. The zero-order chi connectivity index (χ0) is 10.1. The van der Waals surface area contributed by atoms with Gasteiger partial charge in [0.1, 0.15) is 0 Å². The van der Waals surface area contributed by atoms with Crippen LogP contribution in [0.25, 0.3) is 0 Å². The molecule has 1 heterocycles. The fraction of sp³-hybridized carbons (Fsp3) is 0.455. The lowest BCUT2D eigenvalue weighted by Crippen LogP contribution is -2.33. The zero-order valence-corrected chi connectivity index (χ0v) is 10.8. The summed E-state index contributed by atoms with van der Waals surface area (Å²) in [7, 11) is 0. The van der Waals surface area contributed by atoms with Crippen molar-refractivity contribution in [3.63, 3.8) is 0 Å². The summed E-state index contributed by atoms with van der Waals surface area (Å²) in [6.07, 6.45) is 0. The standard InChI is InChI=1S/C11H14BrNS/c1-7-3-9(4-8(2)11(7)12)13-10-5-14-6-10/h3-4,10,13H,5-6H2,1-2H3. The minimum absolute atomic E-state index is 0.681. The molecule has 0 aromatic heterocycles. The van der Waals surface area contributed by atoms with Crippen molar-refractivity contribution in [2.24, 2.45) is 0 Å². The lowest BCUT2D eigenvalue weighted by atomic mass is 10.1. The summed E-state index contributed by atoms with van der Waals surface area (Å²) in [5.74, 6) is 2.49. The Hall–Kier alpha value is -0.150. The van der Waals surface area contributed by atoms with Gasteiger partial charge in [0.15, 0.2) is 0 Å². The molecule has 1 N–H and O–H groups in total. The van der Waals surface area contributed by atoms with Gasteiger partial charge in [0.2, 0.25) is 0 Å². The summed E-state index contributed by atoms with van der Waals surface area (Å²) in [4.78, 5) is 0. The van der Waals surface area contributed by atoms with Gasteiger partial charge >= 0.3 is 0 Å². The van der Waals surface area contributed by atoms with Crippen LogP contribution in [0.15, 0.2) is 16.6 Å². The third kappa shape index (κ3) is 2.09. The molecular formula is C11H14BrNS. The van der Waals surface area contributed by atoms with Gasteiger partial charge in [-0.15, -0.1) is 0 Å². The quantitative estimate of drug-likeness (QED) is 0.883. The van der Waals surface area contributed by atoms with Crippen LogP contribution in [-0.4, -0.2) is 17.5 Å². The van der Waals surface area contributed by atoms with Crippen molar-refractivity contribution in [3.8, 4) is 0 Å². The Morgan fingerprint density at radius 3 is 2.29 bits per heavy atom. The van der Waals surface area contributed by atoms with Crippen molar-refractivity contribution in [2.75, 3.05) is 16.8 Å². The molecule has 1 saturated heterocycles. The van der Waals surface area contributed by atoms with Crippen molar-refractivity contribution >= 4 is 33.4 Å². The number of hydrogen-bond acceptors (Lipinski definition) is 2.